The molecule has 1 aliphatic carbocycles. The predicted molar refractivity (Wildman–Crippen MR) is 75.7 cm³/mol. The van der Waals surface area contributed by atoms with Crippen molar-refractivity contribution in [2.24, 2.45) is 5.92 Å². The lowest BCUT2D eigenvalue weighted by Gasteiger charge is -2.13. The molecule has 1 aromatic carbocycles. The summed E-state index contributed by atoms with van der Waals surface area (Å²) < 4.78 is 11.6. The quantitative estimate of drug-likeness (QED) is 0.883. The molecule has 0 aromatic heterocycles. The maximum atomic E-state index is 5.84. The third-order valence-corrected chi connectivity index (χ3v) is 3.99. The molecule has 1 fully saturated rings. The number of para-hydroxylation sites is 1. The van der Waals surface area contributed by atoms with Crippen molar-refractivity contribution in [2.75, 3.05) is 13.2 Å². The first-order valence-corrected chi connectivity index (χ1v) is 7.49. The van der Waals surface area contributed by atoms with Crippen molar-refractivity contribution in [2.45, 2.75) is 45.2 Å². The molecule has 104 valence electrons. The zero-order valence-corrected chi connectivity index (χ0v) is 11.7. The minimum Gasteiger partial charge on any atom is -0.490 e. The fourth-order valence-electron chi connectivity index (χ4n) is 2.82. The van der Waals surface area contributed by atoms with E-state index in [4.69, 9.17) is 9.47 Å². The van der Waals surface area contributed by atoms with Gasteiger partial charge >= 0.3 is 0 Å². The second-order valence-electron chi connectivity index (χ2n) is 5.57. The summed E-state index contributed by atoms with van der Waals surface area (Å²) in [6.45, 7) is 4.66. The standard InChI is InChI=1S/C16H23NO2/c1-2-5-12-10-14(12)17-11-13-6-3-7-15-16(13)19-9-4-8-18-15/h3,6-7,12,14,17H,2,4-5,8-11H2,1H3. The molecule has 0 amide bonds. The van der Waals surface area contributed by atoms with Crippen LogP contribution in [0.3, 0.4) is 0 Å². The van der Waals surface area contributed by atoms with Crippen LogP contribution < -0.4 is 14.8 Å². The Morgan fingerprint density at radius 1 is 1.26 bits per heavy atom. The van der Waals surface area contributed by atoms with E-state index in [1.54, 1.807) is 0 Å². The van der Waals surface area contributed by atoms with Gasteiger partial charge < -0.3 is 14.8 Å². The van der Waals surface area contributed by atoms with E-state index in [-0.39, 0.29) is 0 Å². The number of fused-ring (bicyclic) bond motifs is 1. The van der Waals surface area contributed by atoms with E-state index in [2.05, 4.69) is 24.4 Å². The maximum Gasteiger partial charge on any atom is 0.165 e. The first-order chi connectivity index (χ1) is 9.38. The van der Waals surface area contributed by atoms with E-state index in [1.165, 1.54) is 24.8 Å². The first-order valence-electron chi connectivity index (χ1n) is 7.49. The lowest BCUT2D eigenvalue weighted by Crippen LogP contribution is -2.18. The van der Waals surface area contributed by atoms with Gasteiger partial charge in [0.15, 0.2) is 11.5 Å². The fourth-order valence-corrected chi connectivity index (χ4v) is 2.82. The SMILES string of the molecule is CCCC1CC1NCc1cccc2c1OCCCO2. The summed E-state index contributed by atoms with van der Waals surface area (Å²) in [7, 11) is 0. The molecule has 0 saturated heterocycles. The number of rotatable bonds is 5. The van der Waals surface area contributed by atoms with E-state index >= 15 is 0 Å². The van der Waals surface area contributed by atoms with E-state index in [9.17, 15) is 0 Å². The van der Waals surface area contributed by atoms with E-state index in [0.717, 1.165) is 43.6 Å². The van der Waals surface area contributed by atoms with Crippen molar-refractivity contribution in [1.29, 1.82) is 0 Å². The van der Waals surface area contributed by atoms with Crippen LogP contribution in [0.1, 0.15) is 38.2 Å². The summed E-state index contributed by atoms with van der Waals surface area (Å²) in [6, 6.07) is 6.90. The normalized spacial score (nSPS) is 24.9. The Hall–Kier alpha value is -1.22. The highest BCUT2D eigenvalue weighted by molar-refractivity contribution is 5.47. The molecular weight excluding hydrogens is 238 g/mol. The molecule has 0 bridgehead atoms. The van der Waals surface area contributed by atoms with Crippen molar-refractivity contribution >= 4 is 0 Å². The molecule has 2 atom stereocenters. The van der Waals surface area contributed by atoms with Gasteiger partial charge in [0.1, 0.15) is 0 Å². The highest BCUT2D eigenvalue weighted by Crippen LogP contribution is 2.36. The average molecular weight is 261 g/mol. The van der Waals surface area contributed by atoms with Gasteiger partial charge in [-0.15, -0.1) is 0 Å². The van der Waals surface area contributed by atoms with E-state index < -0.39 is 0 Å². The zero-order chi connectivity index (χ0) is 13.1. The highest BCUT2D eigenvalue weighted by atomic mass is 16.5. The zero-order valence-electron chi connectivity index (χ0n) is 11.7. The minimum absolute atomic E-state index is 0.711. The van der Waals surface area contributed by atoms with Gasteiger partial charge in [0.05, 0.1) is 13.2 Å². The van der Waals surface area contributed by atoms with Crippen LogP contribution >= 0.6 is 0 Å². The van der Waals surface area contributed by atoms with Crippen LogP contribution in [0.15, 0.2) is 18.2 Å². The molecule has 3 nitrogen and oxygen atoms in total. The van der Waals surface area contributed by atoms with Gasteiger partial charge in [0, 0.05) is 24.6 Å². The summed E-state index contributed by atoms with van der Waals surface area (Å²) in [5.41, 5.74) is 1.22. The Kier molecular flexibility index (Phi) is 3.92. The lowest BCUT2D eigenvalue weighted by molar-refractivity contribution is 0.296. The predicted octanol–water partition coefficient (Wildman–Crippen LogP) is 3.13. The van der Waals surface area contributed by atoms with Crippen LogP contribution in [0.25, 0.3) is 0 Å². The molecule has 2 unspecified atom stereocenters. The Bertz CT molecular complexity index is 433. The topological polar surface area (TPSA) is 30.5 Å². The number of nitrogens with one attached hydrogen (secondary N) is 1. The van der Waals surface area contributed by atoms with Crippen molar-refractivity contribution < 1.29 is 9.47 Å². The van der Waals surface area contributed by atoms with Crippen molar-refractivity contribution in [1.82, 2.24) is 5.32 Å². The van der Waals surface area contributed by atoms with E-state index in [1.807, 2.05) is 6.07 Å². The van der Waals surface area contributed by atoms with Gasteiger partial charge in [-0.05, 0) is 24.8 Å². The second-order valence-corrected chi connectivity index (χ2v) is 5.57. The molecule has 0 spiro atoms. The third-order valence-electron chi connectivity index (χ3n) is 3.99. The van der Waals surface area contributed by atoms with Crippen LogP contribution in [-0.4, -0.2) is 19.3 Å². The van der Waals surface area contributed by atoms with Crippen LogP contribution in [0.5, 0.6) is 11.5 Å². The van der Waals surface area contributed by atoms with Crippen LogP contribution in [0.4, 0.5) is 0 Å². The molecule has 3 heteroatoms. The first kappa shape index (κ1) is 12.8. The smallest absolute Gasteiger partial charge is 0.165 e. The monoisotopic (exact) mass is 261 g/mol. The molecule has 1 aliphatic heterocycles. The summed E-state index contributed by atoms with van der Waals surface area (Å²) in [4.78, 5) is 0. The number of ether oxygens (including phenoxy) is 2. The van der Waals surface area contributed by atoms with E-state index in [0.29, 0.717) is 6.04 Å². The van der Waals surface area contributed by atoms with Gasteiger partial charge in [0.2, 0.25) is 0 Å². The molecule has 1 aromatic rings. The number of benzene rings is 1. The van der Waals surface area contributed by atoms with Gasteiger partial charge in [-0.2, -0.15) is 0 Å². The molecule has 19 heavy (non-hydrogen) atoms. The molecule has 0 radical (unpaired) electrons. The number of hydrogen-bond acceptors (Lipinski definition) is 3. The van der Waals surface area contributed by atoms with Gasteiger partial charge in [0.25, 0.3) is 0 Å². The third kappa shape index (κ3) is 3.03. The molecule has 3 rings (SSSR count). The molecule has 1 saturated carbocycles. The van der Waals surface area contributed by atoms with Gasteiger partial charge in [-0.1, -0.05) is 25.5 Å². The fraction of sp³-hybridized carbons (Fsp3) is 0.625. The highest BCUT2D eigenvalue weighted by Gasteiger charge is 2.35. The Morgan fingerprint density at radius 3 is 3.05 bits per heavy atom. The molecular formula is C16H23NO2. The Morgan fingerprint density at radius 2 is 2.16 bits per heavy atom. The van der Waals surface area contributed by atoms with Crippen LogP contribution in [0, 0.1) is 5.92 Å². The Labute approximate surface area is 115 Å². The second kappa shape index (κ2) is 5.83. The van der Waals surface area contributed by atoms with Crippen LogP contribution in [-0.2, 0) is 6.54 Å². The van der Waals surface area contributed by atoms with Crippen molar-refractivity contribution in [3.8, 4) is 11.5 Å². The minimum atomic E-state index is 0.711. The summed E-state index contributed by atoms with van der Waals surface area (Å²) >= 11 is 0. The largest absolute Gasteiger partial charge is 0.490 e. The number of hydrogen-bond donors (Lipinski definition) is 1. The van der Waals surface area contributed by atoms with Gasteiger partial charge in [-0.3, -0.25) is 0 Å². The van der Waals surface area contributed by atoms with Crippen molar-refractivity contribution in [3.05, 3.63) is 23.8 Å². The average Bonchev–Trinajstić information content (AvgIpc) is 3.19. The molecule has 2 aliphatic rings. The van der Waals surface area contributed by atoms with Crippen molar-refractivity contribution in [3.63, 3.8) is 0 Å². The summed E-state index contributed by atoms with van der Waals surface area (Å²) in [5, 5.41) is 3.64. The molecule has 1 heterocycles. The van der Waals surface area contributed by atoms with Crippen LogP contribution in [0.2, 0.25) is 0 Å². The Balaban J connectivity index is 1.62. The summed E-state index contributed by atoms with van der Waals surface area (Å²) in [5.74, 6) is 2.74. The lowest BCUT2D eigenvalue weighted by atomic mass is 10.1. The summed E-state index contributed by atoms with van der Waals surface area (Å²) in [6.07, 6.45) is 4.94. The van der Waals surface area contributed by atoms with Gasteiger partial charge in [-0.25, -0.2) is 0 Å². The molecule has 1 N–H and O–H groups in total. The maximum absolute atomic E-state index is 5.84.